The van der Waals surface area contributed by atoms with Crippen LogP contribution < -0.4 is 4.90 Å². The number of rotatable bonds is 2. The lowest BCUT2D eigenvalue weighted by atomic mass is 9.82. The van der Waals surface area contributed by atoms with Gasteiger partial charge in [-0.2, -0.15) is 0 Å². The molecule has 0 saturated heterocycles. The Morgan fingerprint density at radius 2 is 1.76 bits per heavy atom. The number of benzene rings is 2. The Labute approximate surface area is 124 Å². The van der Waals surface area contributed by atoms with Gasteiger partial charge in [0.2, 0.25) is 0 Å². The zero-order chi connectivity index (χ0) is 15.0. The number of amides is 1. The molecule has 2 nitrogen and oxygen atoms in total. The summed E-state index contributed by atoms with van der Waals surface area (Å²) in [5.41, 5.74) is 2.12. The van der Waals surface area contributed by atoms with Crippen LogP contribution in [0, 0.1) is 11.7 Å². The van der Waals surface area contributed by atoms with Crippen molar-refractivity contribution in [3.63, 3.8) is 0 Å². The number of nitrogens with zero attached hydrogens (tertiary/aromatic N) is 1. The van der Waals surface area contributed by atoms with Crippen LogP contribution in [0.5, 0.6) is 0 Å². The van der Waals surface area contributed by atoms with Crippen LogP contribution in [0.3, 0.4) is 0 Å². The Morgan fingerprint density at radius 1 is 1.10 bits per heavy atom. The van der Waals surface area contributed by atoms with Gasteiger partial charge in [-0.3, -0.25) is 4.79 Å². The van der Waals surface area contributed by atoms with Crippen LogP contribution in [-0.4, -0.2) is 12.5 Å². The van der Waals surface area contributed by atoms with Gasteiger partial charge >= 0.3 is 0 Å². The third kappa shape index (κ3) is 2.33. The lowest BCUT2D eigenvalue weighted by molar-refractivity contribution is 0.0972. The van der Waals surface area contributed by atoms with E-state index < -0.39 is 0 Å². The van der Waals surface area contributed by atoms with E-state index in [1.807, 2.05) is 24.3 Å². The summed E-state index contributed by atoms with van der Waals surface area (Å²) < 4.78 is 14.1. The highest BCUT2D eigenvalue weighted by Crippen LogP contribution is 2.36. The topological polar surface area (TPSA) is 20.3 Å². The van der Waals surface area contributed by atoms with Crippen molar-refractivity contribution in [1.82, 2.24) is 0 Å². The molecule has 1 atom stereocenters. The van der Waals surface area contributed by atoms with Gasteiger partial charge in [0.05, 0.1) is 5.69 Å². The highest BCUT2D eigenvalue weighted by molar-refractivity contribution is 6.08. The van der Waals surface area contributed by atoms with Gasteiger partial charge in [-0.1, -0.05) is 44.2 Å². The second-order valence-electron chi connectivity index (χ2n) is 5.80. The van der Waals surface area contributed by atoms with Gasteiger partial charge in [-0.15, -0.1) is 0 Å². The molecule has 1 heterocycles. The van der Waals surface area contributed by atoms with Gasteiger partial charge in [0.25, 0.3) is 5.91 Å². The first-order valence-corrected chi connectivity index (χ1v) is 7.25. The molecule has 1 amide bonds. The van der Waals surface area contributed by atoms with E-state index in [9.17, 15) is 9.18 Å². The maximum atomic E-state index is 14.1. The summed E-state index contributed by atoms with van der Waals surface area (Å²) in [4.78, 5) is 14.3. The summed E-state index contributed by atoms with van der Waals surface area (Å²) in [6.45, 7) is 4.79. The summed E-state index contributed by atoms with van der Waals surface area (Å²) in [7, 11) is 0. The molecule has 0 radical (unpaired) electrons. The molecule has 0 fully saturated rings. The third-order valence-corrected chi connectivity index (χ3v) is 4.16. The molecule has 2 aromatic rings. The zero-order valence-corrected chi connectivity index (χ0v) is 12.2. The number of hydrogen-bond donors (Lipinski definition) is 0. The van der Waals surface area contributed by atoms with Gasteiger partial charge in [0.1, 0.15) is 5.82 Å². The van der Waals surface area contributed by atoms with E-state index in [0.717, 1.165) is 5.56 Å². The lowest BCUT2D eigenvalue weighted by Crippen LogP contribution is -2.41. The molecule has 0 saturated carbocycles. The number of hydrogen-bond acceptors (Lipinski definition) is 1. The molecule has 2 aromatic carbocycles. The standard InChI is InChI=1S/C18H18FNO/c1-12(2)15-11-20(17-10-6-5-9-16(17)19)18(21)14-8-4-3-7-13(14)15/h3-10,12,15H,11H2,1-2H3. The first kappa shape index (κ1) is 13.8. The van der Waals surface area contributed by atoms with E-state index in [0.29, 0.717) is 23.7 Å². The van der Waals surface area contributed by atoms with Gasteiger partial charge in [0, 0.05) is 18.0 Å². The number of fused-ring (bicyclic) bond motifs is 1. The Hall–Kier alpha value is -2.16. The normalized spacial score (nSPS) is 18.0. The van der Waals surface area contributed by atoms with Crippen molar-refractivity contribution in [3.8, 4) is 0 Å². The smallest absolute Gasteiger partial charge is 0.258 e. The quantitative estimate of drug-likeness (QED) is 0.808. The van der Waals surface area contributed by atoms with E-state index >= 15 is 0 Å². The van der Waals surface area contributed by atoms with Gasteiger partial charge in [0.15, 0.2) is 0 Å². The first-order chi connectivity index (χ1) is 10.1. The summed E-state index contributed by atoms with van der Waals surface area (Å²) >= 11 is 0. The van der Waals surface area contributed by atoms with Crippen molar-refractivity contribution in [2.24, 2.45) is 5.92 Å². The fraction of sp³-hybridized carbons (Fsp3) is 0.278. The van der Waals surface area contributed by atoms with E-state index in [1.165, 1.54) is 6.07 Å². The summed E-state index contributed by atoms with van der Waals surface area (Å²) in [5, 5.41) is 0. The molecular formula is C18H18FNO. The van der Waals surface area contributed by atoms with Crippen LogP contribution in [0.2, 0.25) is 0 Å². The molecule has 1 aliphatic rings. The van der Waals surface area contributed by atoms with Crippen LogP contribution in [0.25, 0.3) is 0 Å². The van der Waals surface area contributed by atoms with Gasteiger partial charge < -0.3 is 4.90 Å². The number of carbonyl (C=O) groups excluding carboxylic acids is 1. The van der Waals surface area contributed by atoms with E-state index in [2.05, 4.69) is 13.8 Å². The van der Waals surface area contributed by atoms with Crippen LogP contribution in [0.15, 0.2) is 48.5 Å². The molecule has 3 heteroatoms. The molecule has 108 valence electrons. The van der Waals surface area contributed by atoms with Gasteiger partial charge in [-0.05, 0) is 29.7 Å². The second-order valence-corrected chi connectivity index (χ2v) is 5.80. The summed E-state index contributed by atoms with van der Waals surface area (Å²) in [6, 6.07) is 14.1. The first-order valence-electron chi connectivity index (χ1n) is 7.25. The fourth-order valence-corrected chi connectivity index (χ4v) is 2.99. The molecule has 0 bridgehead atoms. The van der Waals surface area contributed by atoms with Gasteiger partial charge in [-0.25, -0.2) is 4.39 Å². The van der Waals surface area contributed by atoms with Crippen molar-refractivity contribution >= 4 is 11.6 Å². The summed E-state index contributed by atoms with van der Waals surface area (Å²) in [5.74, 6) is 0.132. The monoisotopic (exact) mass is 283 g/mol. The Balaban J connectivity index is 2.10. The van der Waals surface area contributed by atoms with Crippen LogP contribution >= 0.6 is 0 Å². The third-order valence-electron chi connectivity index (χ3n) is 4.16. The Bertz CT molecular complexity index is 680. The molecule has 1 aliphatic heterocycles. The van der Waals surface area contributed by atoms with E-state index in [-0.39, 0.29) is 17.6 Å². The Morgan fingerprint density at radius 3 is 2.48 bits per heavy atom. The number of anilines is 1. The van der Waals surface area contributed by atoms with Crippen molar-refractivity contribution in [2.45, 2.75) is 19.8 Å². The number of halogens is 1. The average Bonchev–Trinajstić information content (AvgIpc) is 2.48. The van der Waals surface area contributed by atoms with Crippen molar-refractivity contribution in [3.05, 3.63) is 65.5 Å². The minimum absolute atomic E-state index is 0.118. The maximum Gasteiger partial charge on any atom is 0.258 e. The zero-order valence-electron chi connectivity index (χ0n) is 12.2. The van der Waals surface area contributed by atoms with E-state index in [1.54, 1.807) is 23.1 Å². The average molecular weight is 283 g/mol. The van der Waals surface area contributed by atoms with E-state index in [4.69, 9.17) is 0 Å². The number of carbonyl (C=O) groups is 1. The second kappa shape index (κ2) is 5.32. The molecular weight excluding hydrogens is 265 g/mol. The van der Waals surface area contributed by atoms with Crippen LogP contribution in [-0.2, 0) is 0 Å². The predicted octanol–water partition coefficient (Wildman–Crippen LogP) is 4.23. The molecule has 0 aromatic heterocycles. The molecule has 3 rings (SSSR count). The van der Waals surface area contributed by atoms with Crippen LogP contribution in [0.4, 0.5) is 10.1 Å². The van der Waals surface area contributed by atoms with Crippen molar-refractivity contribution < 1.29 is 9.18 Å². The van der Waals surface area contributed by atoms with Crippen molar-refractivity contribution in [1.29, 1.82) is 0 Å². The number of para-hydroxylation sites is 1. The SMILES string of the molecule is CC(C)C1CN(c2ccccc2F)C(=O)c2ccccc21. The van der Waals surface area contributed by atoms with Crippen LogP contribution in [0.1, 0.15) is 35.7 Å². The lowest BCUT2D eigenvalue weighted by Gasteiger charge is -2.36. The van der Waals surface area contributed by atoms with Crippen molar-refractivity contribution in [2.75, 3.05) is 11.4 Å². The largest absolute Gasteiger partial charge is 0.305 e. The predicted molar refractivity (Wildman–Crippen MR) is 82.1 cm³/mol. The minimum Gasteiger partial charge on any atom is -0.305 e. The molecule has 0 spiro atoms. The highest BCUT2D eigenvalue weighted by Gasteiger charge is 2.34. The molecule has 1 unspecified atom stereocenters. The molecule has 0 aliphatic carbocycles. The maximum absolute atomic E-state index is 14.1. The minimum atomic E-state index is -0.354. The molecule has 21 heavy (non-hydrogen) atoms. The summed E-state index contributed by atoms with van der Waals surface area (Å²) in [6.07, 6.45) is 0. The Kier molecular flexibility index (Phi) is 3.50. The highest BCUT2D eigenvalue weighted by atomic mass is 19.1. The molecule has 0 N–H and O–H groups in total. The fourth-order valence-electron chi connectivity index (χ4n) is 2.99.